The van der Waals surface area contributed by atoms with Crippen LogP contribution in [0, 0.1) is 6.57 Å². The van der Waals surface area contributed by atoms with Crippen molar-refractivity contribution in [2.45, 2.75) is 32.8 Å². The van der Waals surface area contributed by atoms with Gasteiger partial charge in [0.1, 0.15) is 5.60 Å². The third-order valence-electron chi connectivity index (χ3n) is 2.11. The predicted octanol–water partition coefficient (Wildman–Crippen LogP) is 3.50. The van der Waals surface area contributed by atoms with Crippen LogP contribution < -0.4 is 5.32 Å². The number of benzene rings is 1. The molecule has 0 heterocycles. The van der Waals surface area contributed by atoms with E-state index in [4.69, 9.17) is 11.3 Å². The summed E-state index contributed by atoms with van der Waals surface area (Å²) in [5, 5.41) is 2.66. The lowest BCUT2D eigenvalue weighted by Crippen LogP contribution is -2.27. The Hall–Kier alpha value is -2.02. The zero-order valence-electron chi connectivity index (χ0n) is 11.0. The lowest BCUT2D eigenvalue weighted by atomic mass is 10.1. The van der Waals surface area contributed by atoms with Crippen molar-refractivity contribution < 1.29 is 9.53 Å². The van der Waals surface area contributed by atoms with Crippen LogP contribution in [-0.2, 0) is 11.2 Å². The average molecular weight is 246 g/mol. The van der Waals surface area contributed by atoms with Crippen molar-refractivity contribution >= 4 is 11.8 Å². The Labute approximate surface area is 108 Å². The normalized spacial score (nSPS) is 10.6. The van der Waals surface area contributed by atoms with Crippen molar-refractivity contribution in [3.05, 3.63) is 41.2 Å². The van der Waals surface area contributed by atoms with Gasteiger partial charge >= 0.3 is 6.09 Å². The van der Waals surface area contributed by atoms with Crippen LogP contribution in [0.1, 0.15) is 26.3 Å². The molecule has 0 bridgehead atoms. The number of rotatable bonds is 3. The summed E-state index contributed by atoms with van der Waals surface area (Å²) in [5.74, 6) is 0. The predicted molar refractivity (Wildman–Crippen MR) is 71.5 cm³/mol. The summed E-state index contributed by atoms with van der Waals surface area (Å²) in [5.41, 5.74) is 1.27. The Kier molecular flexibility index (Phi) is 4.73. The Balaban J connectivity index is 2.54. The van der Waals surface area contributed by atoms with Crippen LogP contribution in [0.15, 0.2) is 24.3 Å². The standard InChI is InChI=1S/C14H18N2O2/c1-14(2,3)18-13(17)16-12-7-5-11(6-8-12)9-10-15-4/h5-8H,9-10H2,1-3H3,(H,16,17). The van der Waals surface area contributed by atoms with Gasteiger partial charge in [-0.05, 0) is 38.5 Å². The highest BCUT2D eigenvalue weighted by atomic mass is 16.6. The van der Waals surface area contributed by atoms with Gasteiger partial charge in [-0.3, -0.25) is 5.32 Å². The van der Waals surface area contributed by atoms with E-state index in [2.05, 4.69) is 10.2 Å². The van der Waals surface area contributed by atoms with Gasteiger partial charge in [0.25, 0.3) is 0 Å². The lowest BCUT2D eigenvalue weighted by Gasteiger charge is -2.19. The molecule has 0 aliphatic carbocycles. The second-order valence-corrected chi connectivity index (χ2v) is 4.96. The number of ether oxygens (including phenoxy) is 1. The number of carbonyl (C=O) groups is 1. The smallest absolute Gasteiger partial charge is 0.412 e. The summed E-state index contributed by atoms with van der Waals surface area (Å²) in [7, 11) is 0. The molecule has 0 saturated heterocycles. The highest BCUT2D eigenvalue weighted by Crippen LogP contribution is 2.13. The van der Waals surface area contributed by atoms with Crippen LogP contribution in [-0.4, -0.2) is 18.2 Å². The van der Waals surface area contributed by atoms with E-state index in [9.17, 15) is 4.79 Å². The largest absolute Gasteiger partial charge is 0.444 e. The van der Waals surface area contributed by atoms with E-state index in [0.29, 0.717) is 12.2 Å². The summed E-state index contributed by atoms with van der Waals surface area (Å²) >= 11 is 0. The van der Waals surface area contributed by atoms with Crippen LogP contribution >= 0.6 is 0 Å². The van der Waals surface area contributed by atoms with Gasteiger partial charge in [0.05, 0.1) is 0 Å². The van der Waals surface area contributed by atoms with E-state index in [0.717, 1.165) is 12.0 Å². The topological polar surface area (TPSA) is 42.7 Å². The summed E-state index contributed by atoms with van der Waals surface area (Å²) in [6.07, 6.45) is 0.271. The molecule has 0 unspecified atom stereocenters. The van der Waals surface area contributed by atoms with Crippen molar-refractivity contribution in [3.8, 4) is 0 Å². The van der Waals surface area contributed by atoms with Gasteiger partial charge in [-0.1, -0.05) is 12.1 Å². The molecule has 1 amide bonds. The third-order valence-corrected chi connectivity index (χ3v) is 2.11. The molecule has 1 aromatic rings. The summed E-state index contributed by atoms with van der Waals surface area (Å²) in [4.78, 5) is 14.8. The molecule has 96 valence electrons. The summed E-state index contributed by atoms with van der Waals surface area (Å²) in [6.45, 7) is 12.7. The Morgan fingerprint density at radius 3 is 2.44 bits per heavy atom. The minimum absolute atomic E-state index is 0.462. The number of nitrogens with zero attached hydrogens (tertiary/aromatic N) is 1. The van der Waals surface area contributed by atoms with Crippen LogP contribution in [0.3, 0.4) is 0 Å². The molecule has 0 radical (unpaired) electrons. The van der Waals surface area contributed by atoms with Gasteiger partial charge in [-0.2, -0.15) is 0 Å². The van der Waals surface area contributed by atoms with E-state index in [1.54, 1.807) is 0 Å². The fraction of sp³-hybridized carbons (Fsp3) is 0.429. The molecule has 0 saturated carbocycles. The first-order valence-electron chi connectivity index (χ1n) is 5.83. The van der Waals surface area contributed by atoms with E-state index in [1.807, 2.05) is 45.0 Å². The van der Waals surface area contributed by atoms with Crippen LogP contribution in [0.2, 0.25) is 0 Å². The highest BCUT2D eigenvalue weighted by molar-refractivity contribution is 5.84. The van der Waals surface area contributed by atoms with Crippen LogP contribution in [0.4, 0.5) is 10.5 Å². The first-order valence-corrected chi connectivity index (χ1v) is 5.83. The summed E-state index contributed by atoms with van der Waals surface area (Å²) in [6, 6.07) is 7.42. The van der Waals surface area contributed by atoms with Crippen molar-refractivity contribution in [3.63, 3.8) is 0 Å². The van der Waals surface area contributed by atoms with Crippen LogP contribution in [0.25, 0.3) is 4.85 Å². The second kappa shape index (κ2) is 6.06. The zero-order chi connectivity index (χ0) is 13.6. The Morgan fingerprint density at radius 1 is 1.33 bits per heavy atom. The summed E-state index contributed by atoms with van der Waals surface area (Å²) < 4.78 is 5.15. The molecule has 1 N–H and O–H groups in total. The number of amides is 1. The molecule has 18 heavy (non-hydrogen) atoms. The van der Waals surface area contributed by atoms with E-state index >= 15 is 0 Å². The fourth-order valence-electron chi connectivity index (χ4n) is 1.36. The van der Waals surface area contributed by atoms with Gasteiger partial charge in [-0.25, -0.2) is 11.4 Å². The van der Waals surface area contributed by atoms with Gasteiger partial charge in [0.15, 0.2) is 0 Å². The number of hydrogen-bond acceptors (Lipinski definition) is 2. The molecule has 0 spiro atoms. The van der Waals surface area contributed by atoms with Crippen molar-refractivity contribution in [1.82, 2.24) is 0 Å². The molecule has 0 aliphatic rings. The van der Waals surface area contributed by atoms with E-state index in [-0.39, 0.29) is 0 Å². The zero-order valence-corrected chi connectivity index (χ0v) is 11.0. The number of nitrogens with one attached hydrogen (secondary N) is 1. The highest BCUT2D eigenvalue weighted by Gasteiger charge is 2.15. The van der Waals surface area contributed by atoms with E-state index in [1.165, 1.54) is 0 Å². The van der Waals surface area contributed by atoms with Crippen molar-refractivity contribution in [2.75, 3.05) is 11.9 Å². The average Bonchev–Trinajstić information content (AvgIpc) is 2.25. The molecule has 0 fully saturated rings. The molecule has 4 heteroatoms. The molecular weight excluding hydrogens is 228 g/mol. The maximum absolute atomic E-state index is 11.5. The van der Waals surface area contributed by atoms with Gasteiger partial charge in [0.2, 0.25) is 6.54 Å². The third kappa shape index (κ3) is 5.35. The van der Waals surface area contributed by atoms with Crippen molar-refractivity contribution in [2.24, 2.45) is 0 Å². The minimum Gasteiger partial charge on any atom is -0.444 e. The second-order valence-electron chi connectivity index (χ2n) is 4.96. The number of anilines is 1. The minimum atomic E-state index is -0.500. The van der Waals surface area contributed by atoms with Gasteiger partial charge in [0, 0.05) is 12.1 Å². The lowest BCUT2D eigenvalue weighted by molar-refractivity contribution is 0.0636. The molecule has 1 aromatic carbocycles. The Bertz CT molecular complexity index is 438. The van der Waals surface area contributed by atoms with E-state index < -0.39 is 11.7 Å². The molecule has 0 aliphatic heterocycles. The maximum atomic E-state index is 11.5. The van der Waals surface area contributed by atoms with Crippen LogP contribution in [0.5, 0.6) is 0 Å². The fourth-order valence-corrected chi connectivity index (χ4v) is 1.36. The molecule has 4 nitrogen and oxygen atoms in total. The first kappa shape index (κ1) is 14.0. The quantitative estimate of drug-likeness (QED) is 0.829. The molecule has 0 atom stereocenters. The SMILES string of the molecule is [C-]#[N+]CCc1ccc(NC(=O)OC(C)(C)C)cc1. The first-order chi connectivity index (χ1) is 8.40. The molecular formula is C14H18N2O2. The monoisotopic (exact) mass is 246 g/mol. The number of hydrogen-bond donors (Lipinski definition) is 1. The van der Waals surface area contributed by atoms with Gasteiger partial charge in [-0.15, -0.1) is 0 Å². The maximum Gasteiger partial charge on any atom is 0.412 e. The number of carbonyl (C=O) groups excluding carboxylic acids is 1. The molecule has 1 rings (SSSR count). The van der Waals surface area contributed by atoms with Gasteiger partial charge < -0.3 is 9.58 Å². The Morgan fingerprint density at radius 2 is 1.94 bits per heavy atom. The molecule has 0 aromatic heterocycles. The van der Waals surface area contributed by atoms with Crippen molar-refractivity contribution in [1.29, 1.82) is 0 Å².